The molecular formula is C8H14FN. The summed E-state index contributed by atoms with van der Waals surface area (Å²) < 4.78 is 12.6. The third-order valence-electron chi connectivity index (χ3n) is 1.01. The summed E-state index contributed by atoms with van der Waals surface area (Å²) in [5.74, 6) is -0.199. The van der Waals surface area contributed by atoms with Crippen LogP contribution in [0.3, 0.4) is 0 Å². The largest absolute Gasteiger partial charge is 0.364 e. The van der Waals surface area contributed by atoms with Gasteiger partial charge >= 0.3 is 0 Å². The smallest absolute Gasteiger partial charge is 0.118 e. The zero-order valence-corrected chi connectivity index (χ0v) is 6.74. The zero-order chi connectivity index (χ0) is 8.15. The highest BCUT2D eigenvalue weighted by Gasteiger charge is 1.98. The molecule has 0 bridgehead atoms. The van der Waals surface area contributed by atoms with Crippen LogP contribution in [0.5, 0.6) is 0 Å². The minimum atomic E-state index is -0.150. The molecule has 0 rings (SSSR count). The van der Waals surface area contributed by atoms with E-state index in [1.165, 1.54) is 6.20 Å². The van der Waals surface area contributed by atoms with E-state index in [0.717, 1.165) is 5.70 Å². The molecule has 1 N–H and O–H groups in total. The summed E-state index contributed by atoms with van der Waals surface area (Å²) >= 11 is 0. The Kier molecular flexibility index (Phi) is 3.77. The molecule has 0 radical (unpaired) electrons. The predicted octanol–water partition coefficient (Wildman–Crippen LogP) is 2.58. The molecular weight excluding hydrogens is 129 g/mol. The number of nitrogens with one attached hydrogen (secondary N) is 1. The molecule has 1 nitrogen and oxygen atoms in total. The zero-order valence-electron chi connectivity index (χ0n) is 6.74. The van der Waals surface area contributed by atoms with Crippen molar-refractivity contribution in [1.82, 2.24) is 5.32 Å². The maximum atomic E-state index is 12.6. The molecule has 2 heteroatoms. The molecule has 0 atom stereocenters. The van der Waals surface area contributed by atoms with Crippen molar-refractivity contribution in [3.05, 3.63) is 24.3 Å². The molecule has 0 aliphatic carbocycles. The van der Waals surface area contributed by atoms with Crippen molar-refractivity contribution >= 4 is 0 Å². The van der Waals surface area contributed by atoms with Crippen LogP contribution in [-0.2, 0) is 0 Å². The Labute approximate surface area is 61.6 Å². The Balaban J connectivity index is 3.80. The van der Waals surface area contributed by atoms with Gasteiger partial charge in [0, 0.05) is 17.8 Å². The van der Waals surface area contributed by atoms with Gasteiger partial charge in [0.25, 0.3) is 0 Å². The molecule has 0 saturated heterocycles. The summed E-state index contributed by atoms with van der Waals surface area (Å²) in [5.41, 5.74) is 0.746. The summed E-state index contributed by atoms with van der Waals surface area (Å²) in [6.45, 7) is 8.94. The molecule has 0 fully saturated rings. The molecule has 0 aliphatic rings. The molecule has 0 unspecified atom stereocenters. The Morgan fingerprint density at radius 1 is 1.60 bits per heavy atom. The standard InChI is InChI=1S/C8H14FN/c1-6(2)8(9)5-10-7(3)4/h5-6,10H,3H2,1-2,4H3/b8-5-. The fraction of sp³-hybridized carbons (Fsp3) is 0.500. The van der Waals surface area contributed by atoms with Crippen molar-refractivity contribution < 1.29 is 4.39 Å². The molecule has 0 heterocycles. The van der Waals surface area contributed by atoms with Crippen LogP contribution < -0.4 is 5.32 Å². The van der Waals surface area contributed by atoms with E-state index in [2.05, 4.69) is 11.9 Å². The van der Waals surface area contributed by atoms with Crippen LogP contribution in [0, 0.1) is 5.92 Å². The second-order valence-corrected chi connectivity index (χ2v) is 2.61. The first-order valence-electron chi connectivity index (χ1n) is 3.31. The van der Waals surface area contributed by atoms with Crippen molar-refractivity contribution in [2.75, 3.05) is 0 Å². The van der Waals surface area contributed by atoms with E-state index in [4.69, 9.17) is 0 Å². The molecule has 58 valence electrons. The first-order chi connectivity index (χ1) is 4.54. The number of hydrogen-bond acceptors (Lipinski definition) is 1. The predicted molar refractivity (Wildman–Crippen MR) is 42.0 cm³/mol. The van der Waals surface area contributed by atoms with Gasteiger partial charge in [0.1, 0.15) is 5.83 Å². The van der Waals surface area contributed by atoms with Crippen molar-refractivity contribution in [2.24, 2.45) is 5.92 Å². The van der Waals surface area contributed by atoms with Crippen LogP contribution in [0.4, 0.5) is 4.39 Å². The minimum absolute atomic E-state index is 0.0492. The first-order valence-corrected chi connectivity index (χ1v) is 3.31. The van der Waals surface area contributed by atoms with Crippen LogP contribution in [0.15, 0.2) is 24.3 Å². The quantitative estimate of drug-likeness (QED) is 0.640. The van der Waals surface area contributed by atoms with Crippen LogP contribution in [-0.4, -0.2) is 0 Å². The van der Waals surface area contributed by atoms with Gasteiger partial charge in [0.15, 0.2) is 0 Å². The molecule has 10 heavy (non-hydrogen) atoms. The van der Waals surface area contributed by atoms with Gasteiger partial charge < -0.3 is 5.32 Å². The average Bonchev–Trinajstić information content (AvgIpc) is 1.82. The van der Waals surface area contributed by atoms with Gasteiger partial charge in [0.05, 0.1) is 0 Å². The third-order valence-corrected chi connectivity index (χ3v) is 1.01. The van der Waals surface area contributed by atoms with Gasteiger partial charge in [-0.25, -0.2) is 4.39 Å². The van der Waals surface area contributed by atoms with Crippen molar-refractivity contribution in [3.8, 4) is 0 Å². The maximum Gasteiger partial charge on any atom is 0.118 e. The lowest BCUT2D eigenvalue weighted by Crippen LogP contribution is -2.02. The Morgan fingerprint density at radius 3 is 2.40 bits per heavy atom. The van der Waals surface area contributed by atoms with E-state index in [1.54, 1.807) is 20.8 Å². The van der Waals surface area contributed by atoms with Crippen molar-refractivity contribution in [1.29, 1.82) is 0 Å². The third kappa shape index (κ3) is 4.13. The molecule has 0 aromatic carbocycles. The Bertz CT molecular complexity index is 147. The SMILES string of the molecule is C=C(C)N/C=C(\F)C(C)C. The van der Waals surface area contributed by atoms with Gasteiger partial charge in [-0.1, -0.05) is 20.4 Å². The van der Waals surface area contributed by atoms with Gasteiger partial charge in [-0.15, -0.1) is 0 Å². The Morgan fingerprint density at radius 2 is 2.10 bits per heavy atom. The topological polar surface area (TPSA) is 12.0 Å². The monoisotopic (exact) mass is 143 g/mol. The fourth-order valence-corrected chi connectivity index (χ4v) is 0.359. The molecule has 0 spiro atoms. The molecule has 0 aliphatic heterocycles. The molecule has 0 aromatic rings. The summed E-state index contributed by atoms with van der Waals surface area (Å²) in [6, 6.07) is 0. The van der Waals surface area contributed by atoms with Crippen LogP contribution >= 0.6 is 0 Å². The van der Waals surface area contributed by atoms with Crippen molar-refractivity contribution in [2.45, 2.75) is 20.8 Å². The lowest BCUT2D eigenvalue weighted by atomic mass is 10.2. The number of hydrogen-bond donors (Lipinski definition) is 1. The highest BCUT2D eigenvalue weighted by molar-refractivity contribution is 4.99. The second-order valence-electron chi connectivity index (χ2n) is 2.61. The van der Waals surface area contributed by atoms with Gasteiger partial charge in [-0.05, 0) is 6.92 Å². The van der Waals surface area contributed by atoms with E-state index >= 15 is 0 Å². The maximum absolute atomic E-state index is 12.6. The minimum Gasteiger partial charge on any atom is -0.364 e. The van der Waals surface area contributed by atoms with Gasteiger partial charge in [0.2, 0.25) is 0 Å². The highest BCUT2D eigenvalue weighted by Crippen LogP contribution is 2.08. The average molecular weight is 143 g/mol. The summed E-state index contributed by atoms with van der Waals surface area (Å²) in [7, 11) is 0. The lowest BCUT2D eigenvalue weighted by Gasteiger charge is -2.01. The van der Waals surface area contributed by atoms with Crippen LogP contribution in [0.25, 0.3) is 0 Å². The van der Waals surface area contributed by atoms with Gasteiger partial charge in [-0.2, -0.15) is 0 Å². The lowest BCUT2D eigenvalue weighted by molar-refractivity contribution is 0.513. The molecule has 0 aromatic heterocycles. The van der Waals surface area contributed by atoms with E-state index < -0.39 is 0 Å². The van der Waals surface area contributed by atoms with E-state index in [9.17, 15) is 4.39 Å². The Hall–Kier alpha value is -0.790. The summed E-state index contributed by atoms with van der Waals surface area (Å²) in [6.07, 6.45) is 1.34. The van der Waals surface area contributed by atoms with E-state index in [0.29, 0.717) is 0 Å². The van der Waals surface area contributed by atoms with Gasteiger partial charge in [-0.3, -0.25) is 0 Å². The second kappa shape index (κ2) is 4.09. The number of halogens is 1. The number of rotatable bonds is 3. The van der Waals surface area contributed by atoms with E-state index in [1.807, 2.05) is 0 Å². The summed E-state index contributed by atoms with van der Waals surface area (Å²) in [4.78, 5) is 0. The molecule has 0 amide bonds. The summed E-state index contributed by atoms with van der Waals surface area (Å²) in [5, 5.41) is 2.70. The van der Waals surface area contributed by atoms with E-state index in [-0.39, 0.29) is 11.7 Å². The fourth-order valence-electron chi connectivity index (χ4n) is 0.359. The normalized spacial score (nSPS) is 11.9. The van der Waals surface area contributed by atoms with Crippen LogP contribution in [0.2, 0.25) is 0 Å². The van der Waals surface area contributed by atoms with Crippen LogP contribution in [0.1, 0.15) is 20.8 Å². The van der Waals surface area contributed by atoms with Crippen molar-refractivity contribution in [3.63, 3.8) is 0 Å². The first kappa shape index (κ1) is 9.21. The molecule has 0 saturated carbocycles. The number of allylic oxidation sites excluding steroid dienone is 2. The highest BCUT2D eigenvalue weighted by atomic mass is 19.1.